The number of nitrogens with zero attached hydrogens (tertiary/aromatic N) is 2. The van der Waals surface area contributed by atoms with Gasteiger partial charge in [0, 0.05) is 23.0 Å². The van der Waals surface area contributed by atoms with Gasteiger partial charge < -0.3 is 10.2 Å². The zero-order valence-corrected chi connectivity index (χ0v) is 19.8. The maximum absolute atomic E-state index is 12.6. The number of fused-ring (bicyclic) bond motifs is 1. The standard InChI is InChI=1S/C25H25Cl2N3O/c1-15(2)30-23-9-6-17(11-20(23)16(3)13-25(30,4)5)10-18(14-28)24(31)29-19-7-8-21(26)22(27)12-19/h6-13,15H,1-5H3,(H,29,31)/b18-10-. The predicted octanol–water partition coefficient (Wildman–Crippen LogP) is 6.95. The van der Waals surface area contributed by atoms with Crippen LogP contribution in [0.5, 0.6) is 0 Å². The fourth-order valence-corrected chi connectivity index (χ4v) is 4.49. The number of anilines is 2. The predicted molar refractivity (Wildman–Crippen MR) is 130 cm³/mol. The summed E-state index contributed by atoms with van der Waals surface area (Å²) in [6.07, 6.45) is 3.85. The number of hydrogen-bond donors (Lipinski definition) is 1. The van der Waals surface area contributed by atoms with Crippen LogP contribution in [0.4, 0.5) is 11.4 Å². The molecule has 1 aliphatic heterocycles. The number of carbonyl (C=O) groups excluding carboxylic acids is 1. The van der Waals surface area contributed by atoms with Gasteiger partial charge in [-0.15, -0.1) is 0 Å². The van der Waals surface area contributed by atoms with Gasteiger partial charge in [0.1, 0.15) is 11.6 Å². The lowest BCUT2D eigenvalue weighted by atomic mass is 9.87. The topological polar surface area (TPSA) is 56.1 Å². The third-order valence-electron chi connectivity index (χ3n) is 5.27. The first-order valence-electron chi connectivity index (χ1n) is 10.0. The van der Waals surface area contributed by atoms with Gasteiger partial charge in [0.15, 0.2) is 0 Å². The van der Waals surface area contributed by atoms with E-state index < -0.39 is 5.91 Å². The second-order valence-electron chi connectivity index (χ2n) is 8.47. The van der Waals surface area contributed by atoms with E-state index in [4.69, 9.17) is 23.2 Å². The van der Waals surface area contributed by atoms with E-state index >= 15 is 0 Å². The molecular formula is C25H25Cl2N3O. The zero-order valence-electron chi connectivity index (χ0n) is 18.3. The zero-order chi connectivity index (χ0) is 22.9. The summed E-state index contributed by atoms with van der Waals surface area (Å²) in [5.74, 6) is -0.504. The van der Waals surface area contributed by atoms with Gasteiger partial charge in [0.2, 0.25) is 0 Å². The highest BCUT2D eigenvalue weighted by Gasteiger charge is 2.32. The highest BCUT2D eigenvalue weighted by Crippen LogP contribution is 2.40. The minimum Gasteiger partial charge on any atom is -0.360 e. The lowest BCUT2D eigenvalue weighted by Gasteiger charge is -2.46. The Morgan fingerprint density at radius 2 is 1.87 bits per heavy atom. The number of halogens is 2. The molecule has 0 saturated carbocycles. The van der Waals surface area contributed by atoms with E-state index in [2.05, 4.69) is 57.0 Å². The summed E-state index contributed by atoms with van der Waals surface area (Å²) in [5.41, 5.74) is 4.59. The van der Waals surface area contributed by atoms with Crippen LogP contribution in [0, 0.1) is 11.3 Å². The van der Waals surface area contributed by atoms with Gasteiger partial charge in [0.25, 0.3) is 5.91 Å². The van der Waals surface area contributed by atoms with E-state index in [0.29, 0.717) is 21.8 Å². The van der Waals surface area contributed by atoms with Gasteiger partial charge >= 0.3 is 0 Å². The summed E-state index contributed by atoms with van der Waals surface area (Å²) in [4.78, 5) is 15.0. The Balaban J connectivity index is 1.94. The molecule has 4 nitrogen and oxygen atoms in total. The Kier molecular flexibility index (Phi) is 6.50. The molecule has 6 heteroatoms. The van der Waals surface area contributed by atoms with Crippen LogP contribution in [0.3, 0.4) is 0 Å². The maximum Gasteiger partial charge on any atom is 0.266 e. The molecule has 0 saturated heterocycles. The summed E-state index contributed by atoms with van der Waals surface area (Å²) < 4.78 is 0. The second kappa shape index (κ2) is 8.78. The molecule has 31 heavy (non-hydrogen) atoms. The molecular weight excluding hydrogens is 429 g/mol. The summed E-state index contributed by atoms with van der Waals surface area (Å²) in [7, 11) is 0. The fraction of sp³-hybridized carbons (Fsp3) is 0.280. The number of amides is 1. The summed E-state index contributed by atoms with van der Waals surface area (Å²) in [6, 6.07) is 13.1. The van der Waals surface area contributed by atoms with Crippen LogP contribution in [0.15, 0.2) is 48.0 Å². The van der Waals surface area contributed by atoms with Gasteiger partial charge in [0.05, 0.1) is 15.6 Å². The minimum absolute atomic E-state index is 0.00418. The van der Waals surface area contributed by atoms with Crippen molar-refractivity contribution in [1.82, 2.24) is 0 Å². The lowest BCUT2D eigenvalue weighted by molar-refractivity contribution is -0.112. The highest BCUT2D eigenvalue weighted by atomic mass is 35.5. The van der Waals surface area contributed by atoms with Crippen molar-refractivity contribution < 1.29 is 4.79 Å². The number of carbonyl (C=O) groups is 1. The van der Waals surface area contributed by atoms with Crippen LogP contribution >= 0.6 is 23.2 Å². The van der Waals surface area contributed by atoms with Crippen molar-refractivity contribution in [3.8, 4) is 6.07 Å². The molecule has 0 radical (unpaired) electrons. The van der Waals surface area contributed by atoms with E-state index in [1.165, 1.54) is 5.57 Å². The second-order valence-corrected chi connectivity index (χ2v) is 9.29. The molecule has 0 fully saturated rings. The first-order chi connectivity index (χ1) is 14.5. The van der Waals surface area contributed by atoms with Crippen LogP contribution < -0.4 is 10.2 Å². The minimum atomic E-state index is -0.504. The molecule has 0 bridgehead atoms. The third kappa shape index (κ3) is 4.79. The van der Waals surface area contributed by atoms with Crippen molar-refractivity contribution >= 4 is 52.1 Å². The number of benzene rings is 2. The molecule has 0 atom stereocenters. The highest BCUT2D eigenvalue weighted by molar-refractivity contribution is 6.42. The fourth-order valence-electron chi connectivity index (χ4n) is 4.19. The summed E-state index contributed by atoms with van der Waals surface area (Å²) >= 11 is 11.9. The SMILES string of the molecule is CC1=CC(C)(C)N(C(C)C)c2ccc(/C=C(/C#N)C(=O)Nc3ccc(Cl)c(Cl)c3)cc21. The van der Waals surface area contributed by atoms with Crippen molar-refractivity contribution in [2.75, 3.05) is 10.2 Å². The van der Waals surface area contributed by atoms with Crippen LogP contribution in [-0.4, -0.2) is 17.5 Å². The molecule has 0 unspecified atom stereocenters. The molecule has 1 aliphatic rings. The van der Waals surface area contributed by atoms with Crippen LogP contribution in [0.1, 0.15) is 45.7 Å². The van der Waals surface area contributed by atoms with Crippen molar-refractivity contribution in [3.05, 3.63) is 69.2 Å². The Hall–Kier alpha value is -2.74. The van der Waals surface area contributed by atoms with Crippen molar-refractivity contribution in [2.45, 2.75) is 46.2 Å². The van der Waals surface area contributed by atoms with Gasteiger partial charge in [-0.25, -0.2) is 0 Å². The van der Waals surface area contributed by atoms with Crippen LogP contribution in [0.25, 0.3) is 11.6 Å². The Labute approximate surface area is 193 Å². The van der Waals surface area contributed by atoms with Gasteiger partial charge in [-0.3, -0.25) is 4.79 Å². The monoisotopic (exact) mass is 453 g/mol. The average Bonchev–Trinajstić information content (AvgIpc) is 2.68. The van der Waals surface area contributed by atoms with Gasteiger partial charge in [-0.2, -0.15) is 5.26 Å². The third-order valence-corrected chi connectivity index (χ3v) is 6.00. The van der Waals surface area contributed by atoms with Crippen molar-refractivity contribution in [1.29, 1.82) is 5.26 Å². The van der Waals surface area contributed by atoms with Crippen LogP contribution in [0.2, 0.25) is 10.0 Å². The summed E-state index contributed by atoms with van der Waals surface area (Å²) in [6.45, 7) is 10.8. The molecule has 1 amide bonds. The average molecular weight is 454 g/mol. The molecule has 0 aromatic heterocycles. The molecule has 1 heterocycles. The molecule has 2 aromatic rings. The normalized spacial score (nSPS) is 15.3. The number of allylic oxidation sites excluding steroid dienone is 1. The smallest absolute Gasteiger partial charge is 0.266 e. The first-order valence-corrected chi connectivity index (χ1v) is 10.8. The van der Waals surface area contributed by atoms with Crippen molar-refractivity contribution in [2.24, 2.45) is 0 Å². The van der Waals surface area contributed by atoms with E-state index in [1.807, 2.05) is 18.2 Å². The molecule has 0 spiro atoms. The number of rotatable bonds is 4. The van der Waals surface area contributed by atoms with Crippen LogP contribution in [-0.2, 0) is 4.79 Å². The summed E-state index contributed by atoms with van der Waals surface area (Å²) in [5, 5.41) is 13.0. The molecule has 2 aromatic carbocycles. The van der Waals surface area contributed by atoms with Gasteiger partial charge in [-0.1, -0.05) is 35.3 Å². The van der Waals surface area contributed by atoms with E-state index in [9.17, 15) is 10.1 Å². The Morgan fingerprint density at radius 1 is 1.16 bits per heavy atom. The van der Waals surface area contributed by atoms with E-state index in [1.54, 1.807) is 24.3 Å². The van der Waals surface area contributed by atoms with Crippen molar-refractivity contribution in [3.63, 3.8) is 0 Å². The molecule has 160 valence electrons. The number of nitriles is 1. The number of hydrogen-bond acceptors (Lipinski definition) is 3. The quantitative estimate of drug-likeness (QED) is 0.402. The first kappa shape index (κ1) is 22.9. The largest absolute Gasteiger partial charge is 0.360 e. The Morgan fingerprint density at radius 3 is 2.48 bits per heavy atom. The molecule has 0 aliphatic carbocycles. The van der Waals surface area contributed by atoms with Gasteiger partial charge in [-0.05, 0) is 82.2 Å². The Bertz CT molecular complexity index is 1140. The van der Waals surface area contributed by atoms with E-state index in [0.717, 1.165) is 16.8 Å². The van der Waals surface area contributed by atoms with E-state index in [-0.39, 0.29) is 11.1 Å². The molecule has 3 rings (SSSR count). The lowest BCUT2D eigenvalue weighted by Crippen LogP contribution is -2.49. The number of nitrogens with one attached hydrogen (secondary N) is 1. The molecule has 1 N–H and O–H groups in total. The maximum atomic E-state index is 12.6.